The Kier molecular flexibility index (Phi) is 5.30. The summed E-state index contributed by atoms with van der Waals surface area (Å²) in [5.41, 5.74) is 2.85. The number of para-hydroxylation sites is 1. The van der Waals surface area contributed by atoms with Crippen LogP contribution in [0.5, 0.6) is 0 Å². The van der Waals surface area contributed by atoms with E-state index in [0.717, 1.165) is 17.7 Å². The lowest BCUT2D eigenvalue weighted by atomic mass is 10.1. The molecular formula is C22H19ClFN3O3. The maximum atomic E-state index is 13.2. The number of hydrogen-bond donors (Lipinski definition) is 0. The highest BCUT2D eigenvalue weighted by atomic mass is 35.5. The van der Waals surface area contributed by atoms with Gasteiger partial charge in [-0.25, -0.2) is 13.9 Å². The summed E-state index contributed by atoms with van der Waals surface area (Å²) in [7, 11) is 0. The largest absolute Gasteiger partial charge is 0.452 e. The topological polar surface area (TPSA) is 64.4 Å². The number of halogens is 2. The van der Waals surface area contributed by atoms with Crippen LogP contribution >= 0.6 is 11.6 Å². The van der Waals surface area contributed by atoms with Gasteiger partial charge >= 0.3 is 5.97 Å². The SMILES string of the molecule is Cc1nn(-c2ccc(F)cc2)c(Cl)c1C(=O)OCC(=O)N1c2ccccc2CC1C. The zero-order valence-corrected chi connectivity index (χ0v) is 17.2. The van der Waals surface area contributed by atoms with Crippen LogP contribution in [0.3, 0.4) is 0 Å². The van der Waals surface area contributed by atoms with E-state index in [4.69, 9.17) is 16.3 Å². The maximum absolute atomic E-state index is 13.2. The molecule has 1 amide bonds. The Hall–Kier alpha value is -3.19. The predicted octanol–water partition coefficient (Wildman–Crippen LogP) is 4.11. The minimum Gasteiger partial charge on any atom is -0.452 e. The van der Waals surface area contributed by atoms with Crippen LogP contribution in [-0.2, 0) is 16.0 Å². The molecular weight excluding hydrogens is 409 g/mol. The van der Waals surface area contributed by atoms with Gasteiger partial charge in [0.15, 0.2) is 6.61 Å². The van der Waals surface area contributed by atoms with Crippen molar-refractivity contribution >= 4 is 29.2 Å². The molecule has 0 radical (unpaired) electrons. The lowest BCUT2D eigenvalue weighted by Crippen LogP contribution is -2.38. The third kappa shape index (κ3) is 3.57. The first kappa shape index (κ1) is 20.1. The fourth-order valence-electron chi connectivity index (χ4n) is 3.70. The number of carbonyl (C=O) groups is 2. The molecule has 8 heteroatoms. The summed E-state index contributed by atoms with van der Waals surface area (Å²) in [5.74, 6) is -1.44. The number of aryl methyl sites for hydroxylation is 1. The van der Waals surface area contributed by atoms with Crippen molar-refractivity contribution in [1.82, 2.24) is 9.78 Å². The van der Waals surface area contributed by atoms with Crippen LogP contribution in [0.1, 0.15) is 28.5 Å². The molecule has 1 aliphatic rings. The molecule has 1 aliphatic heterocycles. The average Bonchev–Trinajstić information content (AvgIpc) is 3.21. The number of ether oxygens (including phenoxy) is 1. The third-order valence-electron chi connectivity index (χ3n) is 5.08. The van der Waals surface area contributed by atoms with E-state index in [0.29, 0.717) is 11.4 Å². The van der Waals surface area contributed by atoms with Gasteiger partial charge in [0.05, 0.1) is 11.4 Å². The molecule has 4 rings (SSSR count). The van der Waals surface area contributed by atoms with E-state index in [9.17, 15) is 14.0 Å². The van der Waals surface area contributed by atoms with Gasteiger partial charge < -0.3 is 9.64 Å². The normalized spacial score (nSPS) is 15.2. The van der Waals surface area contributed by atoms with Crippen molar-refractivity contribution in [2.45, 2.75) is 26.3 Å². The molecule has 0 bridgehead atoms. The molecule has 0 saturated heterocycles. The van der Waals surface area contributed by atoms with Crippen molar-refractivity contribution in [2.75, 3.05) is 11.5 Å². The number of rotatable bonds is 4. The van der Waals surface area contributed by atoms with Crippen molar-refractivity contribution in [2.24, 2.45) is 0 Å². The highest BCUT2D eigenvalue weighted by molar-refractivity contribution is 6.33. The monoisotopic (exact) mass is 427 g/mol. The molecule has 0 saturated carbocycles. The molecule has 1 aromatic heterocycles. The van der Waals surface area contributed by atoms with E-state index in [1.165, 1.54) is 28.9 Å². The molecule has 0 spiro atoms. The summed E-state index contributed by atoms with van der Waals surface area (Å²) >= 11 is 6.34. The second-order valence-electron chi connectivity index (χ2n) is 7.16. The second kappa shape index (κ2) is 7.91. The van der Waals surface area contributed by atoms with Gasteiger partial charge in [0.25, 0.3) is 5.91 Å². The fourth-order valence-corrected chi connectivity index (χ4v) is 4.05. The van der Waals surface area contributed by atoms with Crippen LogP contribution < -0.4 is 4.90 Å². The summed E-state index contributed by atoms with van der Waals surface area (Å²) in [6.07, 6.45) is 0.755. The van der Waals surface area contributed by atoms with Crippen LogP contribution in [0.25, 0.3) is 5.69 Å². The van der Waals surface area contributed by atoms with Crippen molar-refractivity contribution in [3.05, 3.63) is 76.3 Å². The average molecular weight is 428 g/mol. The van der Waals surface area contributed by atoms with Crippen LogP contribution in [-0.4, -0.2) is 34.3 Å². The number of anilines is 1. The first-order valence-electron chi connectivity index (χ1n) is 9.45. The Morgan fingerprint density at radius 2 is 1.90 bits per heavy atom. The minimum atomic E-state index is -0.737. The Labute approximate surface area is 177 Å². The summed E-state index contributed by atoms with van der Waals surface area (Å²) in [5, 5.41) is 4.28. The first-order chi connectivity index (χ1) is 14.4. The number of hydrogen-bond acceptors (Lipinski definition) is 4. The lowest BCUT2D eigenvalue weighted by Gasteiger charge is -2.22. The molecule has 3 aromatic rings. The number of aromatic nitrogens is 2. The third-order valence-corrected chi connectivity index (χ3v) is 5.43. The van der Waals surface area contributed by atoms with Gasteiger partial charge in [0, 0.05) is 11.7 Å². The Balaban J connectivity index is 1.50. The van der Waals surface area contributed by atoms with Gasteiger partial charge in [0.1, 0.15) is 16.5 Å². The molecule has 6 nitrogen and oxygen atoms in total. The first-order valence-corrected chi connectivity index (χ1v) is 9.82. The van der Waals surface area contributed by atoms with Gasteiger partial charge in [-0.2, -0.15) is 5.10 Å². The zero-order valence-electron chi connectivity index (χ0n) is 16.4. The Morgan fingerprint density at radius 3 is 2.63 bits per heavy atom. The molecule has 1 unspecified atom stereocenters. The van der Waals surface area contributed by atoms with Crippen LogP contribution in [0.4, 0.5) is 10.1 Å². The highest BCUT2D eigenvalue weighted by Gasteiger charge is 2.31. The molecule has 0 N–H and O–H groups in total. The maximum Gasteiger partial charge on any atom is 0.343 e. The highest BCUT2D eigenvalue weighted by Crippen LogP contribution is 2.32. The van der Waals surface area contributed by atoms with E-state index in [-0.39, 0.29) is 22.7 Å². The van der Waals surface area contributed by atoms with Gasteiger partial charge in [-0.3, -0.25) is 4.79 Å². The Bertz CT molecular complexity index is 1130. The lowest BCUT2D eigenvalue weighted by molar-refractivity contribution is -0.122. The number of fused-ring (bicyclic) bond motifs is 1. The summed E-state index contributed by atoms with van der Waals surface area (Å²) in [6.45, 7) is 3.16. The molecule has 2 aromatic carbocycles. The van der Waals surface area contributed by atoms with Crippen molar-refractivity contribution in [1.29, 1.82) is 0 Å². The summed E-state index contributed by atoms with van der Waals surface area (Å²) in [6, 6.07) is 13.2. The zero-order chi connectivity index (χ0) is 21.4. The van der Waals surface area contributed by atoms with Crippen molar-refractivity contribution in [3.63, 3.8) is 0 Å². The molecule has 30 heavy (non-hydrogen) atoms. The van der Waals surface area contributed by atoms with Gasteiger partial charge in [-0.05, 0) is 56.2 Å². The van der Waals surface area contributed by atoms with Crippen molar-refractivity contribution in [3.8, 4) is 5.69 Å². The van der Waals surface area contributed by atoms with Gasteiger partial charge in [-0.15, -0.1) is 0 Å². The minimum absolute atomic E-state index is 0.0137. The van der Waals surface area contributed by atoms with E-state index in [2.05, 4.69) is 5.10 Å². The van der Waals surface area contributed by atoms with E-state index in [1.807, 2.05) is 31.2 Å². The summed E-state index contributed by atoms with van der Waals surface area (Å²) < 4.78 is 19.8. The standard InChI is InChI=1S/C22H19ClFN3O3/c1-13-11-15-5-3-4-6-18(15)26(13)19(28)12-30-22(29)20-14(2)25-27(21(20)23)17-9-7-16(24)8-10-17/h3-10,13H,11-12H2,1-2H3. The molecule has 0 fully saturated rings. The van der Waals surface area contributed by atoms with Crippen LogP contribution in [0, 0.1) is 12.7 Å². The molecule has 2 heterocycles. The molecule has 154 valence electrons. The summed E-state index contributed by atoms with van der Waals surface area (Å²) in [4.78, 5) is 27.0. The molecule has 1 atom stereocenters. The van der Waals surface area contributed by atoms with Crippen LogP contribution in [0.15, 0.2) is 48.5 Å². The number of carbonyl (C=O) groups excluding carboxylic acids is 2. The smallest absolute Gasteiger partial charge is 0.343 e. The number of amides is 1. The van der Waals surface area contributed by atoms with E-state index < -0.39 is 18.4 Å². The number of benzene rings is 2. The fraction of sp³-hybridized carbons (Fsp3) is 0.227. The van der Waals surface area contributed by atoms with Gasteiger partial charge in [-0.1, -0.05) is 29.8 Å². The second-order valence-corrected chi connectivity index (χ2v) is 7.52. The van der Waals surface area contributed by atoms with Gasteiger partial charge in [0.2, 0.25) is 0 Å². The van der Waals surface area contributed by atoms with E-state index in [1.54, 1.807) is 11.8 Å². The predicted molar refractivity (Wildman–Crippen MR) is 111 cm³/mol. The molecule has 0 aliphatic carbocycles. The van der Waals surface area contributed by atoms with Crippen molar-refractivity contribution < 1.29 is 18.7 Å². The van der Waals surface area contributed by atoms with Crippen LogP contribution in [0.2, 0.25) is 5.15 Å². The Morgan fingerprint density at radius 1 is 1.20 bits per heavy atom. The number of esters is 1. The van der Waals surface area contributed by atoms with E-state index >= 15 is 0 Å². The quantitative estimate of drug-likeness (QED) is 0.588. The number of nitrogens with zero attached hydrogens (tertiary/aromatic N) is 3.